The molecule has 0 atom stereocenters. The van der Waals surface area contributed by atoms with Crippen LogP contribution in [-0.2, 0) is 6.42 Å². The summed E-state index contributed by atoms with van der Waals surface area (Å²) in [6.07, 6.45) is 1.94. The number of nitrogens with zero attached hydrogens (tertiary/aromatic N) is 2. The number of rotatable bonds is 6. The molecular formula is C17H23N3S. The molecule has 2 rings (SSSR count). The number of aryl methyl sites for hydroxylation is 2. The molecule has 0 aliphatic heterocycles. The quantitative estimate of drug-likeness (QED) is 0.789. The van der Waals surface area contributed by atoms with E-state index in [4.69, 9.17) is 0 Å². The lowest BCUT2D eigenvalue weighted by atomic mass is 10.2. The lowest BCUT2D eigenvalue weighted by molar-refractivity contribution is 0.861. The summed E-state index contributed by atoms with van der Waals surface area (Å²) in [6, 6.07) is 8.56. The molecule has 112 valence electrons. The van der Waals surface area contributed by atoms with Crippen LogP contribution in [0.2, 0.25) is 0 Å². The highest BCUT2D eigenvalue weighted by molar-refractivity contribution is 7.99. The van der Waals surface area contributed by atoms with E-state index in [1.807, 2.05) is 0 Å². The molecule has 21 heavy (non-hydrogen) atoms. The van der Waals surface area contributed by atoms with Crippen LogP contribution in [0.1, 0.15) is 37.2 Å². The van der Waals surface area contributed by atoms with E-state index in [0.29, 0.717) is 0 Å². The summed E-state index contributed by atoms with van der Waals surface area (Å²) in [5.74, 6) is 1.87. The van der Waals surface area contributed by atoms with Crippen molar-refractivity contribution < 1.29 is 0 Å². The first-order chi connectivity index (χ1) is 10.1. The van der Waals surface area contributed by atoms with Crippen molar-refractivity contribution in [2.24, 2.45) is 0 Å². The minimum atomic E-state index is 0.850. The molecule has 0 radical (unpaired) electrons. The van der Waals surface area contributed by atoms with E-state index in [0.717, 1.165) is 41.6 Å². The molecule has 0 aliphatic carbocycles. The summed E-state index contributed by atoms with van der Waals surface area (Å²) >= 11 is 1.71. The fourth-order valence-corrected chi connectivity index (χ4v) is 2.83. The Balaban J connectivity index is 2.30. The summed E-state index contributed by atoms with van der Waals surface area (Å²) in [5, 5.41) is 4.45. The number of benzene rings is 1. The highest BCUT2D eigenvalue weighted by Crippen LogP contribution is 2.31. The van der Waals surface area contributed by atoms with E-state index in [-0.39, 0.29) is 0 Å². The van der Waals surface area contributed by atoms with Crippen LogP contribution in [-0.4, -0.2) is 16.5 Å². The number of nitrogens with one attached hydrogen (secondary N) is 1. The maximum Gasteiger partial charge on any atom is 0.133 e. The van der Waals surface area contributed by atoms with E-state index < -0.39 is 0 Å². The first kappa shape index (κ1) is 15.8. The predicted octanol–water partition coefficient (Wildman–Crippen LogP) is 4.63. The Morgan fingerprint density at radius 2 is 1.76 bits per heavy atom. The largest absolute Gasteiger partial charge is 0.370 e. The van der Waals surface area contributed by atoms with Crippen LogP contribution < -0.4 is 5.32 Å². The number of aromatic nitrogens is 2. The first-order valence-electron chi connectivity index (χ1n) is 7.50. The van der Waals surface area contributed by atoms with Gasteiger partial charge in [-0.05, 0) is 32.4 Å². The highest BCUT2D eigenvalue weighted by Gasteiger charge is 2.11. The molecule has 1 aromatic carbocycles. The third-order valence-corrected chi connectivity index (χ3v) is 4.34. The van der Waals surface area contributed by atoms with Crippen molar-refractivity contribution in [2.75, 3.05) is 11.9 Å². The van der Waals surface area contributed by atoms with Crippen LogP contribution in [0.25, 0.3) is 0 Å². The highest BCUT2D eigenvalue weighted by atomic mass is 32.2. The minimum Gasteiger partial charge on any atom is -0.370 e. The van der Waals surface area contributed by atoms with Crippen LogP contribution in [0.4, 0.5) is 5.82 Å². The SMILES string of the molecule is CCCNc1nc(CC)nc(Sc2ccc(C)cc2)c1C. The van der Waals surface area contributed by atoms with Gasteiger partial charge in [0, 0.05) is 23.4 Å². The number of anilines is 1. The first-order valence-corrected chi connectivity index (χ1v) is 8.31. The Morgan fingerprint density at radius 3 is 2.38 bits per heavy atom. The number of hydrogen-bond acceptors (Lipinski definition) is 4. The average Bonchev–Trinajstić information content (AvgIpc) is 2.50. The molecule has 1 N–H and O–H groups in total. The topological polar surface area (TPSA) is 37.8 Å². The average molecular weight is 301 g/mol. The Morgan fingerprint density at radius 1 is 1.05 bits per heavy atom. The van der Waals surface area contributed by atoms with Gasteiger partial charge < -0.3 is 5.32 Å². The smallest absolute Gasteiger partial charge is 0.133 e. The fourth-order valence-electron chi connectivity index (χ4n) is 1.93. The van der Waals surface area contributed by atoms with Gasteiger partial charge in [-0.1, -0.05) is 43.3 Å². The molecule has 3 nitrogen and oxygen atoms in total. The van der Waals surface area contributed by atoms with E-state index >= 15 is 0 Å². The van der Waals surface area contributed by atoms with Crippen molar-refractivity contribution in [3.8, 4) is 0 Å². The van der Waals surface area contributed by atoms with Crippen molar-refractivity contribution in [3.63, 3.8) is 0 Å². The molecule has 0 aliphatic rings. The summed E-state index contributed by atoms with van der Waals surface area (Å²) in [5.41, 5.74) is 2.41. The second-order valence-corrected chi connectivity index (χ2v) is 6.18. The molecule has 0 fully saturated rings. The Kier molecular flexibility index (Phi) is 5.62. The van der Waals surface area contributed by atoms with E-state index in [1.165, 1.54) is 10.5 Å². The second kappa shape index (κ2) is 7.46. The van der Waals surface area contributed by atoms with Gasteiger partial charge in [0.15, 0.2) is 0 Å². The molecule has 0 unspecified atom stereocenters. The van der Waals surface area contributed by atoms with Gasteiger partial charge in [-0.25, -0.2) is 9.97 Å². The Labute approximate surface area is 131 Å². The van der Waals surface area contributed by atoms with Crippen molar-refractivity contribution in [3.05, 3.63) is 41.2 Å². The molecule has 0 spiro atoms. The standard InChI is InChI=1S/C17H23N3S/c1-5-11-18-16-13(4)17(20-15(6-2)19-16)21-14-9-7-12(3)8-10-14/h7-10H,5-6,11H2,1-4H3,(H,18,19,20). The van der Waals surface area contributed by atoms with Gasteiger partial charge in [-0.15, -0.1) is 0 Å². The zero-order chi connectivity index (χ0) is 15.2. The molecule has 0 saturated heterocycles. The summed E-state index contributed by atoms with van der Waals surface area (Å²) in [7, 11) is 0. The van der Waals surface area contributed by atoms with Gasteiger partial charge in [0.25, 0.3) is 0 Å². The Bertz CT molecular complexity index is 594. The van der Waals surface area contributed by atoms with Crippen LogP contribution in [0, 0.1) is 13.8 Å². The molecular weight excluding hydrogens is 278 g/mol. The van der Waals surface area contributed by atoms with Crippen LogP contribution >= 0.6 is 11.8 Å². The van der Waals surface area contributed by atoms with Crippen molar-refractivity contribution >= 4 is 17.6 Å². The molecule has 4 heteroatoms. The second-order valence-electron chi connectivity index (χ2n) is 5.11. The van der Waals surface area contributed by atoms with E-state index in [9.17, 15) is 0 Å². The molecule has 0 saturated carbocycles. The normalized spacial score (nSPS) is 10.7. The zero-order valence-corrected chi connectivity index (χ0v) is 14.0. The van der Waals surface area contributed by atoms with E-state index in [2.05, 4.69) is 67.2 Å². The maximum absolute atomic E-state index is 4.69. The molecule has 1 aromatic heterocycles. The van der Waals surface area contributed by atoms with Gasteiger partial charge in [0.2, 0.25) is 0 Å². The molecule has 0 amide bonds. The monoisotopic (exact) mass is 301 g/mol. The van der Waals surface area contributed by atoms with Gasteiger partial charge >= 0.3 is 0 Å². The minimum absolute atomic E-state index is 0.850. The van der Waals surface area contributed by atoms with Gasteiger partial charge in [0.05, 0.1) is 0 Å². The van der Waals surface area contributed by atoms with Gasteiger partial charge in [-0.3, -0.25) is 0 Å². The summed E-state index contributed by atoms with van der Waals surface area (Å²) in [4.78, 5) is 10.5. The molecule has 0 bridgehead atoms. The fraction of sp³-hybridized carbons (Fsp3) is 0.412. The Hall–Kier alpha value is -1.55. The summed E-state index contributed by atoms with van der Waals surface area (Å²) < 4.78 is 0. The predicted molar refractivity (Wildman–Crippen MR) is 90.2 cm³/mol. The number of hydrogen-bond donors (Lipinski definition) is 1. The third-order valence-electron chi connectivity index (χ3n) is 3.24. The lowest BCUT2D eigenvalue weighted by Crippen LogP contribution is -2.08. The van der Waals surface area contributed by atoms with Crippen molar-refractivity contribution in [1.82, 2.24) is 9.97 Å². The maximum atomic E-state index is 4.69. The van der Waals surface area contributed by atoms with Crippen LogP contribution in [0.15, 0.2) is 34.2 Å². The zero-order valence-electron chi connectivity index (χ0n) is 13.2. The lowest BCUT2D eigenvalue weighted by Gasteiger charge is -2.13. The van der Waals surface area contributed by atoms with Gasteiger partial charge in [0.1, 0.15) is 16.7 Å². The molecule has 2 aromatic rings. The molecule has 1 heterocycles. The third kappa shape index (κ3) is 4.21. The van der Waals surface area contributed by atoms with E-state index in [1.54, 1.807) is 11.8 Å². The van der Waals surface area contributed by atoms with Gasteiger partial charge in [-0.2, -0.15) is 0 Å². The van der Waals surface area contributed by atoms with Crippen molar-refractivity contribution in [2.45, 2.75) is 50.5 Å². The van der Waals surface area contributed by atoms with Crippen LogP contribution in [0.5, 0.6) is 0 Å². The van der Waals surface area contributed by atoms with Crippen molar-refractivity contribution in [1.29, 1.82) is 0 Å². The summed E-state index contributed by atoms with van der Waals surface area (Å²) in [6.45, 7) is 9.39. The van der Waals surface area contributed by atoms with Crippen LogP contribution in [0.3, 0.4) is 0 Å².